The van der Waals surface area contributed by atoms with Crippen molar-refractivity contribution in [2.75, 3.05) is 24.5 Å². The molecule has 0 aromatic heterocycles. The summed E-state index contributed by atoms with van der Waals surface area (Å²) in [5.41, 5.74) is 0.886. The van der Waals surface area contributed by atoms with Crippen molar-refractivity contribution < 1.29 is 19.1 Å². The number of Topliss-reactive ketones (excluding diaryl/α,β-unsaturated/α-hetero) is 1. The Bertz CT molecular complexity index is 555. The van der Waals surface area contributed by atoms with Gasteiger partial charge in [0.1, 0.15) is 0 Å². The van der Waals surface area contributed by atoms with Gasteiger partial charge in [-0.3, -0.25) is 4.79 Å². The van der Waals surface area contributed by atoms with Crippen molar-refractivity contribution >= 4 is 27.7 Å². The van der Waals surface area contributed by atoms with E-state index in [0.717, 1.165) is 0 Å². The molecule has 0 atom stereocenters. The number of esters is 2. The van der Waals surface area contributed by atoms with Gasteiger partial charge in [0, 0.05) is 11.3 Å². The van der Waals surface area contributed by atoms with Crippen LogP contribution in [0.15, 0.2) is 18.2 Å². The standard InChI is InChI=1S/C13H14O4S/c1-18(2,3)7-11(14)8-4-5-9-10(6-8)13(16)17-12(9)15/h4-6H,7H2,1-3H3. The fourth-order valence-electron chi connectivity index (χ4n) is 1.74. The van der Waals surface area contributed by atoms with Crippen LogP contribution in [0.25, 0.3) is 0 Å². The van der Waals surface area contributed by atoms with E-state index in [1.807, 2.05) is 0 Å². The molecule has 0 spiro atoms. The molecule has 0 unspecified atom stereocenters. The quantitative estimate of drug-likeness (QED) is 0.476. The fourth-order valence-corrected chi connectivity index (χ4v) is 2.69. The van der Waals surface area contributed by atoms with Crippen LogP contribution in [0.2, 0.25) is 0 Å². The van der Waals surface area contributed by atoms with Crippen molar-refractivity contribution in [3.8, 4) is 0 Å². The van der Waals surface area contributed by atoms with Crippen LogP contribution >= 0.6 is 10.0 Å². The van der Waals surface area contributed by atoms with Gasteiger partial charge >= 0.3 is 11.9 Å². The topological polar surface area (TPSA) is 60.4 Å². The van der Waals surface area contributed by atoms with Gasteiger partial charge in [0.25, 0.3) is 0 Å². The highest BCUT2D eigenvalue weighted by Gasteiger charge is 2.30. The minimum atomic E-state index is -0.943. The number of hydrogen-bond acceptors (Lipinski definition) is 4. The van der Waals surface area contributed by atoms with Crippen LogP contribution in [-0.2, 0) is 4.74 Å². The van der Waals surface area contributed by atoms with E-state index < -0.39 is 22.0 Å². The number of ether oxygens (including phenoxy) is 1. The lowest BCUT2D eigenvalue weighted by atomic mass is 10.0. The smallest absolute Gasteiger partial charge is 0.346 e. The zero-order valence-corrected chi connectivity index (χ0v) is 11.3. The second-order valence-electron chi connectivity index (χ2n) is 5.10. The predicted molar refractivity (Wildman–Crippen MR) is 70.7 cm³/mol. The molecule has 1 heterocycles. The summed E-state index contributed by atoms with van der Waals surface area (Å²) in [6.07, 6.45) is 6.15. The summed E-state index contributed by atoms with van der Waals surface area (Å²) in [6, 6.07) is 4.51. The molecule has 96 valence electrons. The third kappa shape index (κ3) is 2.46. The number of rotatable bonds is 3. The first-order chi connectivity index (χ1) is 8.28. The SMILES string of the molecule is CS(C)(C)CC(=O)c1ccc2c(c1)C(=O)OC2=O. The number of ketones is 1. The van der Waals surface area contributed by atoms with Gasteiger partial charge in [0.05, 0.1) is 11.1 Å². The van der Waals surface area contributed by atoms with E-state index in [-0.39, 0.29) is 16.9 Å². The zero-order valence-electron chi connectivity index (χ0n) is 10.5. The van der Waals surface area contributed by atoms with E-state index in [0.29, 0.717) is 11.3 Å². The highest BCUT2D eigenvalue weighted by molar-refractivity contribution is 8.32. The van der Waals surface area contributed by atoms with Crippen molar-refractivity contribution in [2.45, 2.75) is 0 Å². The summed E-state index contributed by atoms with van der Waals surface area (Å²) >= 11 is 0. The minimum absolute atomic E-state index is 0.00699. The summed E-state index contributed by atoms with van der Waals surface area (Å²) < 4.78 is 4.48. The van der Waals surface area contributed by atoms with Gasteiger partial charge < -0.3 is 4.74 Å². The van der Waals surface area contributed by atoms with Gasteiger partial charge in [0.15, 0.2) is 5.78 Å². The maximum atomic E-state index is 12.0. The Labute approximate surface area is 107 Å². The maximum absolute atomic E-state index is 12.0. The molecule has 1 aromatic carbocycles. The molecule has 0 radical (unpaired) electrons. The average Bonchev–Trinajstić information content (AvgIpc) is 2.52. The molecule has 5 heteroatoms. The Morgan fingerprint density at radius 2 is 1.72 bits per heavy atom. The molecular weight excluding hydrogens is 252 g/mol. The number of carbonyl (C=O) groups is 3. The highest BCUT2D eigenvalue weighted by Crippen LogP contribution is 2.35. The zero-order chi connectivity index (χ0) is 13.5. The second kappa shape index (κ2) is 4.24. The molecule has 0 aliphatic carbocycles. The highest BCUT2D eigenvalue weighted by atomic mass is 32.3. The van der Waals surface area contributed by atoms with Crippen LogP contribution in [0.5, 0.6) is 0 Å². The summed E-state index contributed by atoms with van der Waals surface area (Å²) in [7, 11) is -0.943. The molecule has 0 saturated heterocycles. The molecule has 4 nitrogen and oxygen atoms in total. The van der Waals surface area contributed by atoms with Crippen LogP contribution in [0, 0.1) is 0 Å². The van der Waals surface area contributed by atoms with Crippen molar-refractivity contribution in [3.63, 3.8) is 0 Å². The third-order valence-electron chi connectivity index (χ3n) is 2.53. The van der Waals surface area contributed by atoms with Gasteiger partial charge in [0.2, 0.25) is 0 Å². The first kappa shape index (κ1) is 12.8. The summed E-state index contributed by atoms with van der Waals surface area (Å²) in [4.78, 5) is 34.7. The van der Waals surface area contributed by atoms with E-state index in [1.165, 1.54) is 12.1 Å². The van der Waals surface area contributed by atoms with Crippen molar-refractivity contribution in [1.29, 1.82) is 0 Å². The van der Waals surface area contributed by atoms with Crippen molar-refractivity contribution in [3.05, 3.63) is 34.9 Å². The largest absolute Gasteiger partial charge is 0.386 e. The van der Waals surface area contributed by atoms with Gasteiger partial charge in [-0.05, 0) is 30.9 Å². The molecule has 0 N–H and O–H groups in total. The van der Waals surface area contributed by atoms with Crippen molar-refractivity contribution in [1.82, 2.24) is 0 Å². The Hall–Kier alpha value is -1.62. The lowest BCUT2D eigenvalue weighted by molar-refractivity contribution is 0.0443. The lowest BCUT2D eigenvalue weighted by Gasteiger charge is -2.23. The van der Waals surface area contributed by atoms with E-state index in [2.05, 4.69) is 23.5 Å². The van der Waals surface area contributed by atoms with Gasteiger partial charge in [-0.1, -0.05) is 6.07 Å². The van der Waals surface area contributed by atoms with E-state index in [9.17, 15) is 14.4 Å². The summed E-state index contributed by atoms with van der Waals surface area (Å²) in [5.74, 6) is -0.856. The normalized spacial score (nSPS) is 15.3. The predicted octanol–water partition coefficient (Wildman–Crippen LogP) is 1.87. The monoisotopic (exact) mass is 266 g/mol. The second-order valence-corrected chi connectivity index (χ2v) is 9.57. The van der Waals surface area contributed by atoms with Gasteiger partial charge in [-0.25, -0.2) is 19.6 Å². The Balaban J connectivity index is 2.33. The molecule has 2 rings (SSSR count). The number of carbonyl (C=O) groups excluding carboxylic acids is 3. The molecule has 0 fully saturated rings. The van der Waals surface area contributed by atoms with E-state index in [4.69, 9.17) is 0 Å². The summed E-state index contributed by atoms with van der Waals surface area (Å²) in [6.45, 7) is 0. The Kier molecular flexibility index (Phi) is 3.02. The van der Waals surface area contributed by atoms with Crippen molar-refractivity contribution in [2.24, 2.45) is 0 Å². The van der Waals surface area contributed by atoms with E-state index >= 15 is 0 Å². The van der Waals surface area contributed by atoms with Gasteiger partial charge in [-0.2, -0.15) is 0 Å². The Morgan fingerprint density at radius 1 is 1.11 bits per heavy atom. The third-order valence-corrected chi connectivity index (χ3v) is 3.66. The molecule has 1 aliphatic heterocycles. The number of fused-ring (bicyclic) bond motifs is 1. The number of hydrogen-bond donors (Lipinski definition) is 0. The molecule has 1 aromatic rings. The number of benzene rings is 1. The first-order valence-electron chi connectivity index (χ1n) is 5.38. The van der Waals surface area contributed by atoms with Gasteiger partial charge in [-0.15, -0.1) is 0 Å². The van der Waals surface area contributed by atoms with Crippen LogP contribution < -0.4 is 0 Å². The summed E-state index contributed by atoms with van der Waals surface area (Å²) in [5, 5.41) is 0. The van der Waals surface area contributed by atoms with Crippen LogP contribution in [0.3, 0.4) is 0 Å². The maximum Gasteiger partial charge on any atom is 0.346 e. The lowest BCUT2D eigenvalue weighted by Crippen LogP contribution is -2.12. The first-order valence-corrected chi connectivity index (χ1v) is 8.40. The average molecular weight is 266 g/mol. The van der Waals surface area contributed by atoms with Crippen LogP contribution in [0.4, 0.5) is 0 Å². The fraction of sp³-hybridized carbons (Fsp3) is 0.308. The molecule has 1 aliphatic rings. The molecule has 18 heavy (non-hydrogen) atoms. The Morgan fingerprint density at radius 3 is 2.33 bits per heavy atom. The molecule has 0 bridgehead atoms. The molecule has 0 amide bonds. The minimum Gasteiger partial charge on any atom is -0.386 e. The van der Waals surface area contributed by atoms with Crippen LogP contribution in [-0.4, -0.2) is 42.2 Å². The van der Waals surface area contributed by atoms with E-state index in [1.54, 1.807) is 6.07 Å². The molecule has 0 saturated carbocycles. The molecular formula is C13H14O4S. The van der Waals surface area contributed by atoms with Crippen LogP contribution in [0.1, 0.15) is 31.1 Å². The number of cyclic esters (lactones) is 2.